The van der Waals surface area contributed by atoms with Crippen LogP contribution in [0.5, 0.6) is 0 Å². The van der Waals surface area contributed by atoms with Crippen LogP contribution in [0.25, 0.3) is 0 Å². The maximum Gasteiger partial charge on any atom is 0.175 e. The SMILES string of the molecule is Cc1noc(C)c1CNc1cccc(S(C)(=O)=O)c1. The summed E-state index contributed by atoms with van der Waals surface area (Å²) in [7, 11) is -3.18. The number of hydrogen-bond acceptors (Lipinski definition) is 5. The van der Waals surface area contributed by atoms with Gasteiger partial charge in [-0.3, -0.25) is 0 Å². The number of nitrogens with zero attached hydrogens (tertiary/aromatic N) is 1. The maximum absolute atomic E-state index is 11.5. The molecule has 0 aliphatic heterocycles. The van der Waals surface area contributed by atoms with Gasteiger partial charge in [-0.1, -0.05) is 11.2 Å². The van der Waals surface area contributed by atoms with E-state index in [1.807, 2.05) is 19.9 Å². The normalized spacial score (nSPS) is 11.5. The van der Waals surface area contributed by atoms with E-state index in [0.29, 0.717) is 11.4 Å². The van der Waals surface area contributed by atoms with Crippen molar-refractivity contribution in [3.05, 3.63) is 41.3 Å². The van der Waals surface area contributed by atoms with E-state index < -0.39 is 9.84 Å². The van der Waals surface area contributed by atoms with E-state index in [0.717, 1.165) is 22.7 Å². The number of sulfone groups is 1. The molecule has 0 spiro atoms. The third-order valence-electron chi connectivity index (χ3n) is 2.91. The summed E-state index contributed by atoms with van der Waals surface area (Å²) in [6.07, 6.45) is 1.19. The first-order valence-corrected chi connectivity index (χ1v) is 7.73. The van der Waals surface area contributed by atoms with Gasteiger partial charge >= 0.3 is 0 Å². The number of rotatable bonds is 4. The quantitative estimate of drug-likeness (QED) is 0.930. The molecule has 0 saturated heterocycles. The first-order chi connectivity index (χ1) is 8.88. The Morgan fingerprint density at radius 2 is 2.05 bits per heavy atom. The Morgan fingerprint density at radius 1 is 1.32 bits per heavy atom. The van der Waals surface area contributed by atoms with E-state index in [4.69, 9.17) is 4.52 Å². The molecule has 1 N–H and O–H groups in total. The summed E-state index contributed by atoms with van der Waals surface area (Å²) in [5.74, 6) is 0.768. The molecule has 0 aliphatic rings. The first-order valence-electron chi connectivity index (χ1n) is 5.83. The summed E-state index contributed by atoms with van der Waals surface area (Å²) in [6, 6.07) is 6.74. The Bertz CT molecular complexity index is 670. The predicted molar refractivity (Wildman–Crippen MR) is 72.9 cm³/mol. The van der Waals surface area contributed by atoms with Crippen LogP contribution in [0.3, 0.4) is 0 Å². The summed E-state index contributed by atoms with van der Waals surface area (Å²) in [4.78, 5) is 0.302. The molecular weight excluding hydrogens is 264 g/mol. The van der Waals surface area contributed by atoms with Gasteiger partial charge in [0.25, 0.3) is 0 Å². The Labute approximate surface area is 112 Å². The summed E-state index contributed by atoms with van der Waals surface area (Å²) in [6.45, 7) is 4.28. The van der Waals surface area contributed by atoms with E-state index in [9.17, 15) is 8.42 Å². The van der Waals surface area contributed by atoms with E-state index >= 15 is 0 Å². The molecule has 0 amide bonds. The first kappa shape index (κ1) is 13.6. The number of aromatic nitrogens is 1. The Hall–Kier alpha value is -1.82. The van der Waals surface area contributed by atoms with Crippen LogP contribution in [-0.4, -0.2) is 19.8 Å². The molecule has 2 rings (SSSR count). The standard InChI is InChI=1S/C13H16N2O3S/c1-9-13(10(2)18-15-9)8-14-11-5-4-6-12(7-11)19(3,16)17/h4-7,14H,8H2,1-3H3. The van der Waals surface area contributed by atoms with E-state index in [2.05, 4.69) is 10.5 Å². The minimum Gasteiger partial charge on any atom is -0.381 e. The molecule has 0 unspecified atom stereocenters. The molecule has 0 bridgehead atoms. The van der Waals surface area contributed by atoms with Crippen molar-refractivity contribution in [3.63, 3.8) is 0 Å². The van der Waals surface area contributed by atoms with E-state index in [1.54, 1.807) is 18.2 Å². The van der Waals surface area contributed by atoms with Gasteiger partial charge in [-0.15, -0.1) is 0 Å². The molecule has 1 aromatic carbocycles. The number of nitrogens with one attached hydrogen (secondary N) is 1. The van der Waals surface area contributed by atoms with Gasteiger partial charge in [-0.2, -0.15) is 0 Å². The molecule has 6 heteroatoms. The molecule has 19 heavy (non-hydrogen) atoms. The molecule has 5 nitrogen and oxygen atoms in total. The zero-order valence-electron chi connectivity index (χ0n) is 11.1. The lowest BCUT2D eigenvalue weighted by molar-refractivity contribution is 0.392. The highest BCUT2D eigenvalue weighted by atomic mass is 32.2. The van der Waals surface area contributed by atoms with E-state index in [1.165, 1.54) is 6.26 Å². The highest BCUT2D eigenvalue weighted by molar-refractivity contribution is 7.90. The second-order valence-electron chi connectivity index (χ2n) is 4.46. The second kappa shape index (κ2) is 5.05. The van der Waals surface area contributed by atoms with Crippen LogP contribution >= 0.6 is 0 Å². The molecular formula is C13H16N2O3S. The zero-order chi connectivity index (χ0) is 14.0. The highest BCUT2D eigenvalue weighted by Crippen LogP contribution is 2.18. The third kappa shape index (κ3) is 3.14. The Morgan fingerprint density at radius 3 is 2.63 bits per heavy atom. The highest BCUT2D eigenvalue weighted by Gasteiger charge is 2.10. The largest absolute Gasteiger partial charge is 0.381 e. The van der Waals surface area contributed by atoms with Crippen LogP contribution in [0.1, 0.15) is 17.0 Å². The van der Waals surface area contributed by atoms with Crippen molar-refractivity contribution < 1.29 is 12.9 Å². The van der Waals surface area contributed by atoms with Gasteiger partial charge < -0.3 is 9.84 Å². The van der Waals surface area contributed by atoms with Crippen molar-refractivity contribution in [3.8, 4) is 0 Å². The molecule has 0 radical (unpaired) electrons. The fourth-order valence-electron chi connectivity index (χ4n) is 1.78. The van der Waals surface area contributed by atoms with Gasteiger partial charge in [0.15, 0.2) is 9.84 Å². The van der Waals surface area contributed by atoms with Gasteiger partial charge in [0.2, 0.25) is 0 Å². The van der Waals surface area contributed by atoms with Crippen molar-refractivity contribution in [2.24, 2.45) is 0 Å². The molecule has 0 saturated carbocycles. The number of hydrogen-bond donors (Lipinski definition) is 1. The number of benzene rings is 1. The second-order valence-corrected chi connectivity index (χ2v) is 6.47. The van der Waals surface area contributed by atoms with Crippen molar-refractivity contribution in [1.29, 1.82) is 0 Å². The molecule has 102 valence electrons. The summed E-state index contributed by atoms with van der Waals surface area (Å²) >= 11 is 0. The zero-order valence-corrected chi connectivity index (χ0v) is 11.9. The van der Waals surface area contributed by atoms with Crippen LogP contribution < -0.4 is 5.32 Å². The lowest BCUT2D eigenvalue weighted by atomic mass is 10.2. The van der Waals surface area contributed by atoms with Crippen LogP contribution in [-0.2, 0) is 16.4 Å². The number of aryl methyl sites for hydroxylation is 2. The fourth-order valence-corrected chi connectivity index (χ4v) is 2.45. The van der Waals surface area contributed by atoms with Crippen molar-refractivity contribution in [2.75, 3.05) is 11.6 Å². The minimum atomic E-state index is -3.18. The summed E-state index contributed by atoms with van der Waals surface area (Å²) in [5, 5.41) is 7.05. The molecule has 0 atom stereocenters. The molecule has 0 aliphatic carbocycles. The topological polar surface area (TPSA) is 72.2 Å². The smallest absolute Gasteiger partial charge is 0.175 e. The Kier molecular flexibility index (Phi) is 3.61. The molecule has 2 aromatic rings. The van der Waals surface area contributed by atoms with Crippen molar-refractivity contribution in [1.82, 2.24) is 5.16 Å². The predicted octanol–water partition coefficient (Wildman–Crippen LogP) is 2.31. The van der Waals surface area contributed by atoms with Gasteiger partial charge in [0.1, 0.15) is 5.76 Å². The van der Waals surface area contributed by atoms with Gasteiger partial charge in [-0.25, -0.2) is 8.42 Å². The Balaban J connectivity index is 2.17. The lowest BCUT2D eigenvalue weighted by Crippen LogP contribution is -2.03. The minimum absolute atomic E-state index is 0.302. The number of anilines is 1. The molecule has 0 fully saturated rings. The monoisotopic (exact) mass is 280 g/mol. The average molecular weight is 280 g/mol. The van der Waals surface area contributed by atoms with Crippen molar-refractivity contribution in [2.45, 2.75) is 25.3 Å². The average Bonchev–Trinajstić information content (AvgIpc) is 2.66. The van der Waals surface area contributed by atoms with Crippen LogP contribution in [0.15, 0.2) is 33.7 Å². The van der Waals surface area contributed by atoms with Crippen LogP contribution in [0.4, 0.5) is 5.69 Å². The summed E-state index contributed by atoms with van der Waals surface area (Å²) < 4.78 is 28.0. The third-order valence-corrected chi connectivity index (χ3v) is 4.02. The van der Waals surface area contributed by atoms with Gasteiger partial charge in [0, 0.05) is 24.1 Å². The van der Waals surface area contributed by atoms with Crippen molar-refractivity contribution >= 4 is 15.5 Å². The van der Waals surface area contributed by atoms with Gasteiger partial charge in [0.05, 0.1) is 10.6 Å². The van der Waals surface area contributed by atoms with E-state index in [-0.39, 0.29) is 0 Å². The molecule has 1 aromatic heterocycles. The lowest BCUT2D eigenvalue weighted by Gasteiger charge is -2.07. The van der Waals surface area contributed by atoms with Crippen LogP contribution in [0.2, 0.25) is 0 Å². The molecule has 1 heterocycles. The summed E-state index contributed by atoms with van der Waals surface area (Å²) in [5.41, 5.74) is 2.58. The maximum atomic E-state index is 11.5. The van der Waals surface area contributed by atoms with Gasteiger partial charge in [-0.05, 0) is 32.0 Å². The fraction of sp³-hybridized carbons (Fsp3) is 0.308. The van der Waals surface area contributed by atoms with Crippen LogP contribution in [0, 0.1) is 13.8 Å².